The Morgan fingerprint density at radius 3 is 2.40 bits per heavy atom. The molecule has 74 valence electrons. The second kappa shape index (κ2) is 3.53. The van der Waals surface area contributed by atoms with Crippen LogP contribution in [0.4, 0.5) is 0 Å². The molecule has 0 bridgehead atoms. The average molecular weight is 200 g/mol. The zero-order chi connectivity index (χ0) is 10.8. The van der Waals surface area contributed by atoms with Crippen LogP contribution in [0.25, 0.3) is 10.8 Å². The molecule has 0 atom stereocenters. The molecule has 0 heterocycles. The summed E-state index contributed by atoms with van der Waals surface area (Å²) < 4.78 is 0. The minimum absolute atomic E-state index is 0.0450. The number of carbonyl (C=O) groups excluding carboxylic acids is 2. The smallest absolute Gasteiger partial charge is 0.153 e. The van der Waals surface area contributed by atoms with Gasteiger partial charge in [0.05, 0.1) is 5.56 Å². The Bertz CT molecular complexity index is 544. The third-order valence-electron chi connectivity index (χ3n) is 2.27. The summed E-state index contributed by atoms with van der Waals surface area (Å²) in [5, 5.41) is 11.0. The van der Waals surface area contributed by atoms with Gasteiger partial charge in [-0.05, 0) is 29.0 Å². The summed E-state index contributed by atoms with van der Waals surface area (Å²) in [6.45, 7) is 0. The molecular weight excluding hydrogens is 192 g/mol. The number of benzene rings is 2. The predicted octanol–water partition coefficient (Wildman–Crippen LogP) is 2.17. The molecule has 0 radical (unpaired) electrons. The summed E-state index contributed by atoms with van der Waals surface area (Å²) in [5.74, 6) is -0.0450. The van der Waals surface area contributed by atoms with Gasteiger partial charge in [0.1, 0.15) is 12.0 Å². The van der Waals surface area contributed by atoms with Gasteiger partial charge in [-0.1, -0.05) is 12.1 Å². The van der Waals surface area contributed by atoms with E-state index in [4.69, 9.17) is 0 Å². The highest BCUT2D eigenvalue weighted by molar-refractivity contribution is 5.94. The number of phenolic OH excluding ortho intramolecular Hbond substituents is 1. The van der Waals surface area contributed by atoms with Crippen molar-refractivity contribution < 1.29 is 14.7 Å². The lowest BCUT2D eigenvalue weighted by Gasteiger charge is -2.02. The molecule has 15 heavy (non-hydrogen) atoms. The Kier molecular flexibility index (Phi) is 2.21. The van der Waals surface area contributed by atoms with E-state index in [1.54, 1.807) is 24.3 Å². The molecule has 2 aromatic rings. The maximum absolute atomic E-state index is 10.6. The van der Waals surface area contributed by atoms with E-state index in [-0.39, 0.29) is 11.3 Å². The molecule has 0 aromatic heterocycles. The van der Waals surface area contributed by atoms with E-state index in [9.17, 15) is 14.7 Å². The van der Waals surface area contributed by atoms with Crippen LogP contribution in [-0.4, -0.2) is 17.7 Å². The van der Waals surface area contributed by atoms with Crippen LogP contribution >= 0.6 is 0 Å². The number of carbonyl (C=O) groups is 2. The summed E-state index contributed by atoms with van der Waals surface area (Å²) in [7, 11) is 0. The fraction of sp³-hybridized carbons (Fsp3) is 0. The van der Waals surface area contributed by atoms with Crippen LogP contribution in [0.15, 0.2) is 30.3 Å². The van der Waals surface area contributed by atoms with Crippen LogP contribution < -0.4 is 0 Å². The van der Waals surface area contributed by atoms with Gasteiger partial charge in [0.25, 0.3) is 0 Å². The minimum atomic E-state index is -0.0450. The summed E-state index contributed by atoms with van der Waals surface area (Å²) >= 11 is 0. The SMILES string of the molecule is O=Cc1ccc2cc(O)c(C=O)cc2c1. The Balaban J connectivity index is 2.76. The zero-order valence-electron chi connectivity index (χ0n) is 7.81. The van der Waals surface area contributed by atoms with Crippen molar-refractivity contribution in [3.05, 3.63) is 41.5 Å². The van der Waals surface area contributed by atoms with Crippen LogP contribution in [-0.2, 0) is 0 Å². The van der Waals surface area contributed by atoms with Gasteiger partial charge in [0, 0.05) is 5.56 Å². The van der Waals surface area contributed by atoms with E-state index in [0.29, 0.717) is 11.8 Å². The first kappa shape index (κ1) is 9.40. The van der Waals surface area contributed by atoms with Gasteiger partial charge in [-0.25, -0.2) is 0 Å². The summed E-state index contributed by atoms with van der Waals surface area (Å²) in [5.41, 5.74) is 0.774. The number of aromatic hydroxyl groups is 1. The molecule has 1 N–H and O–H groups in total. The second-order valence-corrected chi connectivity index (χ2v) is 3.25. The maximum Gasteiger partial charge on any atom is 0.153 e. The third-order valence-corrected chi connectivity index (χ3v) is 2.27. The number of rotatable bonds is 2. The molecule has 0 amide bonds. The first-order valence-electron chi connectivity index (χ1n) is 4.42. The third kappa shape index (κ3) is 1.59. The molecule has 0 saturated heterocycles. The lowest BCUT2D eigenvalue weighted by atomic mass is 10.0. The van der Waals surface area contributed by atoms with Gasteiger partial charge in [0.15, 0.2) is 6.29 Å². The zero-order valence-corrected chi connectivity index (χ0v) is 7.81. The van der Waals surface area contributed by atoms with E-state index in [1.807, 2.05) is 0 Å². The van der Waals surface area contributed by atoms with Crippen LogP contribution in [0, 0.1) is 0 Å². The highest BCUT2D eigenvalue weighted by atomic mass is 16.3. The normalized spacial score (nSPS) is 10.1. The molecule has 3 heteroatoms. The second-order valence-electron chi connectivity index (χ2n) is 3.25. The number of fused-ring (bicyclic) bond motifs is 1. The Morgan fingerprint density at radius 2 is 1.73 bits per heavy atom. The summed E-state index contributed by atoms with van der Waals surface area (Å²) in [6.07, 6.45) is 1.33. The highest BCUT2D eigenvalue weighted by Gasteiger charge is 2.03. The van der Waals surface area contributed by atoms with E-state index >= 15 is 0 Å². The van der Waals surface area contributed by atoms with E-state index in [0.717, 1.165) is 17.1 Å². The molecule has 0 saturated carbocycles. The molecule has 0 spiro atoms. The van der Waals surface area contributed by atoms with Crippen molar-refractivity contribution in [1.29, 1.82) is 0 Å². The number of hydrogen-bond donors (Lipinski definition) is 1. The van der Waals surface area contributed by atoms with Crippen LogP contribution in [0.3, 0.4) is 0 Å². The number of aldehydes is 2. The van der Waals surface area contributed by atoms with Gasteiger partial charge < -0.3 is 5.11 Å². The van der Waals surface area contributed by atoms with Crippen LogP contribution in [0.2, 0.25) is 0 Å². The molecule has 2 rings (SSSR count). The molecule has 2 aromatic carbocycles. The van der Waals surface area contributed by atoms with Crippen LogP contribution in [0.1, 0.15) is 20.7 Å². The summed E-state index contributed by atoms with van der Waals surface area (Å²) in [6, 6.07) is 8.13. The topological polar surface area (TPSA) is 54.4 Å². The highest BCUT2D eigenvalue weighted by Crippen LogP contribution is 2.24. The molecule has 3 nitrogen and oxygen atoms in total. The first-order chi connectivity index (χ1) is 7.24. The average Bonchev–Trinajstić information content (AvgIpc) is 2.27. The largest absolute Gasteiger partial charge is 0.507 e. The quantitative estimate of drug-likeness (QED) is 0.756. The molecule has 0 aliphatic rings. The van der Waals surface area contributed by atoms with E-state index in [2.05, 4.69) is 0 Å². The fourth-order valence-electron chi connectivity index (χ4n) is 1.49. The Hall–Kier alpha value is -2.16. The monoisotopic (exact) mass is 200 g/mol. The number of hydrogen-bond acceptors (Lipinski definition) is 3. The molecule has 0 fully saturated rings. The van der Waals surface area contributed by atoms with Crippen molar-refractivity contribution >= 4 is 23.3 Å². The summed E-state index contributed by atoms with van der Waals surface area (Å²) in [4.78, 5) is 21.1. The van der Waals surface area contributed by atoms with Crippen molar-refractivity contribution in [2.24, 2.45) is 0 Å². The lowest BCUT2D eigenvalue weighted by molar-refractivity contribution is 0.111. The van der Waals surface area contributed by atoms with Gasteiger partial charge in [-0.3, -0.25) is 9.59 Å². The van der Waals surface area contributed by atoms with Crippen molar-refractivity contribution in [2.45, 2.75) is 0 Å². The van der Waals surface area contributed by atoms with Crippen molar-refractivity contribution in [1.82, 2.24) is 0 Å². The predicted molar refractivity (Wildman–Crippen MR) is 56.4 cm³/mol. The lowest BCUT2D eigenvalue weighted by Crippen LogP contribution is -1.84. The Labute approximate surface area is 86.0 Å². The van der Waals surface area contributed by atoms with Crippen LogP contribution in [0.5, 0.6) is 5.75 Å². The fourth-order valence-corrected chi connectivity index (χ4v) is 1.49. The molecule has 0 aliphatic heterocycles. The van der Waals surface area contributed by atoms with Gasteiger partial charge >= 0.3 is 0 Å². The number of phenols is 1. The Morgan fingerprint density at radius 1 is 0.933 bits per heavy atom. The maximum atomic E-state index is 10.6. The minimum Gasteiger partial charge on any atom is -0.507 e. The van der Waals surface area contributed by atoms with E-state index < -0.39 is 0 Å². The molecule has 0 aliphatic carbocycles. The standard InChI is InChI=1S/C12H8O3/c13-6-8-1-2-9-5-12(15)11(7-14)4-10(9)3-8/h1-7,15H. The molecule has 0 unspecified atom stereocenters. The van der Waals surface area contributed by atoms with Crippen molar-refractivity contribution in [2.75, 3.05) is 0 Å². The van der Waals surface area contributed by atoms with Gasteiger partial charge in [0.2, 0.25) is 0 Å². The van der Waals surface area contributed by atoms with Gasteiger partial charge in [-0.15, -0.1) is 0 Å². The van der Waals surface area contributed by atoms with Crippen molar-refractivity contribution in [3.8, 4) is 5.75 Å². The molecular formula is C12H8O3. The van der Waals surface area contributed by atoms with Crippen molar-refractivity contribution in [3.63, 3.8) is 0 Å². The first-order valence-corrected chi connectivity index (χ1v) is 4.42. The van der Waals surface area contributed by atoms with E-state index in [1.165, 1.54) is 6.07 Å². The van der Waals surface area contributed by atoms with Gasteiger partial charge in [-0.2, -0.15) is 0 Å².